The van der Waals surface area contributed by atoms with Gasteiger partial charge in [-0.3, -0.25) is 4.39 Å². The Labute approximate surface area is 77.6 Å². The van der Waals surface area contributed by atoms with Gasteiger partial charge in [0.25, 0.3) is 0 Å². The maximum Gasteiger partial charge on any atom is 0.157 e. The average Bonchev–Trinajstić information content (AvgIpc) is 2.63. The topological polar surface area (TPSA) is 46.2 Å². The van der Waals surface area contributed by atoms with Crippen LogP contribution in [0.4, 0.5) is 4.39 Å². The Balaban J connectivity index is 2.39. The second-order valence-electron chi connectivity index (χ2n) is 3.95. The minimum atomic E-state index is -3.05. The highest BCUT2D eigenvalue weighted by Crippen LogP contribution is 2.42. The van der Waals surface area contributed by atoms with Crippen molar-refractivity contribution in [1.29, 1.82) is 0 Å². The zero-order chi connectivity index (χ0) is 9.53. The van der Waals surface area contributed by atoms with E-state index in [9.17, 15) is 12.8 Å². The van der Waals surface area contributed by atoms with E-state index in [0.717, 1.165) is 0 Å². The molecule has 1 N–H and O–H groups in total. The van der Waals surface area contributed by atoms with Gasteiger partial charge in [0.1, 0.15) is 0 Å². The van der Waals surface area contributed by atoms with Crippen LogP contribution in [0.3, 0.4) is 0 Å². The summed E-state index contributed by atoms with van der Waals surface area (Å²) in [6, 6.07) is 0. The lowest BCUT2D eigenvalue weighted by Gasteiger charge is -2.26. The third kappa shape index (κ3) is 1.13. The van der Waals surface area contributed by atoms with Gasteiger partial charge in [0, 0.05) is 12.5 Å². The molecule has 2 atom stereocenters. The Bertz CT molecular complexity index is 295. The zero-order valence-corrected chi connectivity index (χ0v) is 8.24. The maximum absolute atomic E-state index is 12.6. The van der Waals surface area contributed by atoms with Crippen LogP contribution in [0.15, 0.2) is 0 Å². The minimum Gasteiger partial charge on any atom is -0.315 e. The van der Waals surface area contributed by atoms with Crippen molar-refractivity contribution in [3.05, 3.63) is 0 Å². The van der Waals surface area contributed by atoms with Crippen molar-refractivity contribution in [3.8, 4) is 0 Å². The van der Waals surface area contributed by atoms with Gasteiger partial charge in [-0.2, -0.15) is 0 Å². The summed E-state index contributed by atoms with van der Waals surface area (Å²) in [6.07, 6.45) is 1.09. The molecule has 3 nitrogen and oxygen atoms in total. The number of hydrogen-bond acceptors (Lipinski definition) is 3. The molecule has 2 aliphatic rings. The Kier molecular flexibility index (Phi) is 2.11. The van der Waals surface area contributed by atoms with E-state index < -0.39 is 21.3 Å². The Hall–Kier alpha value is -0.160. The summed E-state index contributed by atoms with van der Waals surface area (Å²) in [5.74, 6) is -0.101. The zero-order valence-electron chi connectivity index (χ0n) is 7.42. The van der Waals surface area contributed by atoms with Gasteiger partial charge in [0.05, 0.1) is 17.2 Å². The number of nitrogens with one attached hydrogen (secondary N) is 1. The van der Waals surface area contributed by atoms with E-state index in [-0.39, 0.29) is 11.7 Å². The van der Waals surface area contributed by atoms with E-state index >= 15 is 0 Å². The van der Waals surface area contributed by atoms with E-state index in [1.54, 1.807) is 0 Å². The third-order valence-electron chi connectivity index (χ3n) is 3.43. The van der Waals surface area contributed by atoms with Crippen LogP contribution in [-0.2, 0) is 9.84 Å². The average molecular weight is 207 g/mol. The lowest BCUT2D eigenvalue weighted by Crippen LogP contribution is -2.43. The highest BCUT2D eigenvalue weighted by atomic mass is 32.2. The predicted octanol–water partition coefficient (Wildman–Crippen LogP) is 0.123. The van der Waals surface area contributed by atoms with Gasteiger partial charge >= 0.3 is 0 Å². The Morgan fingerprint density at radius 3 is 2.85 bits per heavy atom. The van der Waals surface area contributed by atoms with Crippen molar-refractivity contribution in [1.82, 2.24) is 5.32 Å². The quantitative estimate of drug-likeness (QED) is 0.664. The van der Waals surface area contributed by atoms with Crippen molar-refractivity contribution in [2.75, 3.05) is 25.5 Å². The first-order chi connectivity index (χ1) is 6.12. The molecule has 0 bridgehead atoms. The summed E-state index contributed by atoms with van der Waals surface area (Å²) in [5, 5.41) is 3.03. The molecule has 2 rings (SSSR count). The van der Waals surface area contributed by atoms with E-state index in [0.29, 0.717) is 25.9 Å². The van der Waals surface area contributed by atoms with Crippen LogP contribution in [0.1, 0.15) is 12.8 Å². The van der Waals surface area contributed by atoms with Gasteiger partial charge < -0.3 is 5.32 Å². The fraction of sp³-hybridized carbons (Fsp3) is 1.00. The smallest absolute Gasteiger partial charge is 0.157 e. The molecule has 0 aliphatic carbocycles. The van der Waals surface area contributed by atoms with Crippen LogP contribution >= 0.6 is 0 Å². The highest BCUT2D eigenvalue weighted by Gasteiger charge is 2.55. The number of rotatable bonds is 1. The second kappa shape index (κ2) is 2.92. The third-order valence-corrected chi connectivity index (χ3v) is 6.13. The van der Waals surface area contributed by atoms with Crippen molar-refractivity contribution in [2.24, 2.45) is 5.92 Å². The molecule has 0 aromatic carbocycles. The first kappa shape index (κ1) is 9.40. The van der Waals surface area contributed by atoms with E-state index in [4.69, 9.17) is 0 Å². The Morgan fingerprint density at radius 2 is 2.31 bits per heavy atom. The number of sulfone groups is 1. The van der Waals surface area contributed by atoms with Crippen LogP contribution in [-0.4, -0.2) is 38.7 Å². The van der Waals surface area contributed by atoms with Crippen LogP contribution in [0.2, 0.25) is 0 Å². The second-order valence-corrected chi connectivity index (χ2v) is 6.40. The molecular weight excluding hydrogens is 193 g/mol. The van der Waals surface area contributed by atoms with Gasteiger partial charge in [-0.25, -0.2) is 8.42 Å². The number of halogens is 1. The molecule has 0 unspecified atom stereocenters. The molecule has 2 fully saturated rings. The molecule has 2 saturated heterocycles. The standard InChI is InChI=1S/C8H14FNO2S/c9-5-7-1-4-13(11,12)8(7)2-3-10-6-8/h7,10H,1-6H2/t7-,8-/m1/s1. The summed E-state index contributed by atoms with van der Waals surface area (Å²) in [5.41, 5.74) is 0. The monoisotopic (exact) mass is 207 g/mol. The molecule has 2 heterocycles. The molecule has 76 valence electrons. The molecule has 13 heavy (non-hydrogen) atoms. The summed E-state index contributed by atoms with van der Waals surface area (Å²) in [7, 11) is -3.05. The molecule has 0 aromatic heterocycles. The predicted molar refractivity (Wildman–Crippen MR) is 48.1 cm³/mol. The number of hydrogen-bond donors (Lipinski definition) is 1. The van der Waals surface area contributed by atoms with E-state index in [1.807, 2.05) is 0 Å². The minimum absolute atomic E-state index is 0.170. The van der Waals surface area contributed by atoms with Crippen molar-refractivity contribution in [2.45, 2.75) is 17.6 Å². The summed E-state index contributed by atoms with van der Waals surface area (Å²) in [4.78, 5) is 0. The first-order valence-corrected chi connectivity index (χ1v) is 6.27. The molecule has 0 amide bonds. The highest BCUT2D eigenvalue weighted by molar-refractivity contribution is 7.93. The van der Waals surface area contributed by atoms with Gasteiger partial charge in [-0.15, -0.1) is 0 Å². The van der Waals surface area contributed by atoms with Gasteiger partial charge in [-0.1, -0.05) is 0 Å². The fourth-order valence-corrected chi connectivity index (χ4v) is 4.96. The molecule has 0 aromatic rings. The lowest BCUT2D eigenvalue weighted by atomic mass is 9.90. The van der Waals surface area contributed by atoms with Gasteiger partial charge in [0.2, 0.25) is 0 Å². The first-order valence-electron chi connectivity index (χ1n) is 4.61. The van der Waals surface area contributed by atoms with Crippen molar-refractivity contribution in [3.63, 3.8) is 0 Å². The van der Waals surface area contributed by atoms with Gasteiger partial charge in [0.15, 0.2) is 9.84 Å². The van der Waals surface area contributed by atoms with Crippen molar-refractivity contribution >= 4 is 9.84 Å². The summed E-state index contributed by atoms with van der Waals surface area (Å²) in [6.45, 7) is 0.653. The molecule has 0 radical (unpaired) electrons. The largest absolute Gasteiger partial charge is 0.315 e. The van der Waals surface area contributed by atoms with Crippen LogP contribution in [0.25, 0.3) is 0 Å². The summed E-state index contributed by atoms with van der Waals surface area (Å²) >= 11 is 0. The normalized spacial score (nSPS) is 43.0. The Morgan fingerprint density at radius 1 is 1.54 bits per heavy atom. The van der Waals surface area contributed by atoms with E-state index in [2.05, 4.69) is 5.32 Å². The number of alkyl halides is 1. The van der Waals surface area contributed by atoms with Crippen molar-refractivity contribution < 1.29 is 12.8 Å². The maximum atomic E-state index is 12.6. The molecule has 5 heteroatoms. The molecule has 1 spiro atoms. The van der Waals surface area contributed by atoms with E-state index in [1.165, 1.54) is 0 Å². The van der Waals surface area contributed by atoms with Gasteiger partial charge in [-0.05, 0) is 19.4 Å². The lowest BCUT2D eigenvalue weighted by molar-refractivity contribution is 0.300. The van der Waals surface area contributed by atoms with Crippen LogP contribution in [0, 0.1) is 5.92 Å². The van der Waals surface area contributed by atoms with Crippen LogP contribution < -0.4 is 5.32 Å². The molecule has 2 aliphatic heterocycles. The summed E-state index contributed by atoms with van der Waals surface area (Å²) < 4.78 is 35.4. The van der Waals surface area contributed by atoms with Crippen LogP contribution in [0.5, 0.6) is 0 Å². The fourth-order valence-electron chi connectivity index (χ4n) is 2.54. The molecule has 0 saturated carbocycles. The SMILES string of the molecule is O=S1(=O)CC[C@H](CF)[C@]12CCNC2. The molecular formula is C8H14FNO2S.